The maximum atomic E-state index is 12.6. The predicted molar refractivity (Wildman–Crippen MR) is 98.5 cm³/mol. The number of halogens is 1. The lowest BCUT2D eigenvalue weighted by molar-refractivity contribution is -0.402. The number of hydrogen-bond acceptors (Lipinski definition) is 6. The highest BCUT2D eigenvalue weighted by Crippen LogP contribution is 2.23. The molecule has 0 unspecified atom stereocenters. The van der Waals surface area contributed by atoms with Crippen molar-refractivity contribution in [3.05, 3.63) is 78.9 Å². The minimum Gasteiger partial charge on any atom is -0.404 e. The van der Waals surface area contributed by atoms with Gasteiger partial charge in [0.05, 0.1) is 23.9 Å². The maximum absolute atomic E-state index is 12.6. The molecular formula is C18H15ClN4O4. The van der Waals surface area contributed by atoms with Gasteiger partial charge in [-0.1, -0.05) is 11.6 Å². The van der Waals surface area contributed by atoms with Gasteiger partial charge in [0.25, 0.3) is 5.56 Å². The zero-order chi connectivity index (χ0) is 19.0. The molecule has 0 spiro atoms. The number of nitro groups is 1. The van der Waals surface area contributed by atoms with E-state index in [1.807, 2.05) is 17.0 Å². The highest BCUT2D eigenvalue weighted by atomic mass is 35.5. The second-order valence-electron chi connectivity index (χ2n) is 6.30. The monoisotopic (exact) mass is 386 g/mol. The van der Waals surface area contributed by atoms with Gasteiger partial charge in [0, 0.05) is 30.1 Å². The summed E-state index contributed by atoms with van der Waals surface area (Å²) >= 11 is 5.90. The first kappa shape index (κ1) is 17.4. The van der Waals surface area contributed by atoms with E-state index in [4.69, 9.17) is 16.0 Å². The Morgan fingerprint density at radius 3 is 2.74 bits per heavy atom. The molecule has 1 aromatic carbocycles. The number of H-pyrrole nitrogens is 1. The number of nitrogens with one attached hydrogen (secondary N) is 1. The van der Waals surface area contributed by atoms with Crippen molar-refractivity contribution in [2.75, 3.05) is 6.54 Å². The molecule has 0 aliphatic carbocycles. The molecule has 138 valence electrons. The Hall–Kier alpha value is -2.97. The van der Waals surface area contributed by atoms with Gasteiger partial charge in [-0.15, -0.1) is 0 Å². The SMILES string of the molecule is O=c1[nH]c(-c2ccc(Cl)cc2)nc2c1CN(Cc1ccc([N+](=O)[O-])o1)CC2. The first-order valence-electron chi connectivity index (χ1n) is 8.33. The van der Waals surface area contributed by atoms with Gasteiger partial charge in [-0.25, -0.2) is 4.98 Å². The number of rotatable bonds is 4. The zero-order valence-electron chi connectivity index (χ0n) is 14.1. The predicted octanol–water partition coefficient (Wildman–Crippen LogP) is 3.15. The van der Waals surface area contributed by atoms with Crippen molar-refractivity contribution >= 4 is 17.5 Å². The van der Waals surface area contributed by atoms with Crippen molar-refractivity contribution in [3.63, 3.8) is 0 Å². The molecule has 0 fully saturated rings. The summed E-state index contributed by atoms with van der Waals surface area (Å²) in [5.41, 5.74) is 2.00. The van der Waals surface area contributed by atoms with Crippen molar-refractivity contribution in [2.45, 2.75) is 19.5 Å². The van der Waals surface area contributed by atoms with Gasteiger partial charge in [0.15, 0.2) is 0 Å². The maximum Gasteiger partial charge on any atom is 0.433 e. The molecule has 2 aromatic heterocycles. The number of hydrogen-bond donors (Lipinski definition) is 1. The normalized spacial score (nSPS) is 14.1. The molecular weight excluding hydrogens is 372 g/mol. The minimum absolute atomic E-state index is 0.180. The van der Waals surface area contributed by atoms with Crippen LogP contribution in [0.3, 0.4) is 0 Å². The van der Waals surface area contributed by atoms with E-state index < -0.39 is 4.92 Å². The van der Waals surface area contributed by atoms with Gasteiger partial charge >= 0.3 is 5.88 Å². The Kier molecular flexibility index (Phi) is 4.51. The Balaban J connectivity index is 1.55. The van der Waals surface area contributed by atoms with Crippen molar-refractivity contribution in [3.8, 4) is 11.4 Å². The number of aromatic amines is 1. The molecule has 0 saturated heterocycles. The lowest BCUT2D eigenvalue weighted by Crippen LogP contribution is -2.35. The lowest BCUT2D eigenvalue weighted by Gasteiger charge is -2.26. The van der Waals surface area contributed by atoms with Crippen LogP contribution < -0.4 is 5.56 Å². The summed E-state index contributed by atoms with van der Waals surface area (Å²) < 4.78 is 5.20. The molecule has 3 aromatic rings. The van der Waals surface area contributed by atoms with Crippen LogP contribution in [0.5, 0.6) is 0 Å². The second kappa shape index (κ2) is 6.98. The van der Waals surface area contributed by atoms with E-state index in [2.05, 4.69) is 9.97 Å². The van der Waals surface area contributed by atoms with Gasteiger partial charge in [-0.05, 0) is 30.3 Å². The van der Waals surface area contributed by atoms with Gasteiger partial charge in [0.2, 0.25) is 0 Å². The van der Waals surface area contributed by atoms with Gasteiger partial charge in [-0.3, -0.25) is 19.8 Å². The van der Waals surface area contributed by atoms with E-state index in [0.717, 1.165) is 11.3 Å². The summed E-state index contributed by atoms with van der Waals surface area (Å²) in [6.07, 6.45) is 0.614. The summed E-state index contributed by atoms with van der Waals surface area (Å²) in [5, 5.41) is 11.3. The Morgan fingerprint density at radius 1 is 1.26 bits per heavy atom. The largest absolute Gasteiger partial charge is 0.433 e. The molecule has 4 rings (SSSR count). The van der Waals surface area contributed by atoms with Crippen molar-refractivity contribution < 1.29 is 9.34 Å². The molecule has 0 saturated carbocycles. The quantitative estimate of drug-likeness (QED) is 0.545. The van der Waals surface area contributed by atoms with Crippen LogP contribution in [-0.2, 0) is 19.5 Å². The summed E-state index contributed by atoms with van der Waals surface area (Å²) in [6, 6.07) is 10.0. The fourth-order valence-electron chi connectivity index (χ4n) is 3.13. The van der Waals surface area contributed by atoms with Gasteiger partial charge in [0.1, 0.15) is 16.5 Å². The van der Waals surface area contributed by atoms with E-state index in [1.165, 1.54) is 6.07 Å². The van der Waals surface area contributed by atoms with E-state index in [-0.39, 0.29) is 11.4 Å². The highest BCUT2D eigenvalue weighted by molar-refractivity contribution is 6.30. The summed E-state index contributed by atoms with van der Waals surface area (Å²) in [6.45, 7) is 1.48. The minimum atomic E-state index is -0.568. The molecule has 1 aliphatic heterocycles. The highest BCUT2D eigenvalue weighted by Gasteiger charge is 2.23. The van der Waals surface area contributed by atoms with Gasteiger partial charge < -0.3 is 9.40 Å². The molecule has 9 heteroatoms. The molecule has 3 heterocycles. The molecule has 27 heavy (non-hydrogen) atoms. The molecule has 0 amide bonds. The smallest absolute Gasteiger partial charge is 0.404 e. The lowest BCUT2D eigenvalue weighted by atomic mass is 10.1. The van der Waals surface area contributed by atoms with Crippen LogP contribution in [0.25, 0.3) is 11.4 Å². The third-order valence-corrected chi connectivity index (χ3v) is 4.72. The number of nitrogens with zero attached hydrogens (tertiary/aromatic N) is 3. The molecule has 0 bridgehead atoms. The van der Waals surface area contributed by atoms with Crippen LogP contribution in [-0.4, -0.2) is 26.3 Å². The van der Waals surface area contributed by atoms with Crippen LogP contribution >= 0.6 is 11.6 Å². The number of benzene rings is 1. The molecule has 1 aliphatic rings. The number of furan rings is 1. The number of aromatic nitrogens is 2. The average Bonchev–Trinajstić information content (AvgIpc) is 3.11. The third-order valence-electron chi connectivity index (χ3n) is 4.47. The van der Waals surface area contributed by atoms with E-state index >= 15 is 0 Å². The average molecular weight is 387 g/mol. The topological polar surface area (TPSA) is 105 Å². The standard InChI is InChI=1S/C18H15ClN4O4/c19-12-3-1-11(2-4-12)17-20-15-7-8-22(10-14(15)18(24)21-17)9-13-5-6-16(27-13)23(25)26/h1-6H,7-10H2,(H,20,21,24). The van der Waals surface area contributed by atoms with Crippen LogP contribution in [0.1, 0.15) is 17.0 Å². The summed E-state index contributed by atoms with van der Waals surface area (Å²) in [5.74, 6) is 0.729. The zero-order valence-corrected chi connectivity index (χ0v) is 14.9. The third kappa shape index (κ3) is 3.62. The van der Waals surface area contributed by atoms with Crippen molar-refractivity contribution in [1.82, 2.24) is 14.9 Å². The summed E-state index contributed by atoms with van der Waals surface area (Å²) in [7, 11) is 0. The Bertz CT molecular complexity index is 1060. The fourth-order valence-corrected chi connectivity index (χ4v) is 3.26. The van der Waals surface area contributed by atoms with E-state index in [1.54, 1.807) is 18.2 Å². The first-order chi connectivity index (χ1) is 13.0. The fraction of sp³-hybridized carbons (Fsp3) is 0.222. The van der Waals surface area contributed by atoms with Crippen LogP contribution in [0.15, 0.2) is 45.6 Å². The van der Waals surface area contributed by atoms with Gasteiger partial charge in [-0.2, -0.15) is 0 Å². The van der Waals surface area contributed by atoms with Crippen molar-refractivity contribution in [2.24, 2.45) is 0 Å². The molecule has 0 atom stereocenters. The van der Waals surface area contributed by atoms with E-state index in [0.29, 0.717) is 48.2 Å². The van der Waals surface area contributed by atoms with Crippen LogP contribution in [0.2, 0.25) is 5.02 Å². The first-order valence-corrected chi connectivity index (χ1v) is 8.71. The Labute approximate surface area is 158 Å². The van der Waals surface area contributed by atoms with Crippen molar-refractivity contribution in [1.29, 1.82) is 0 Å². The second-order valence-corrected chi connectivity index (χ2v) is 6.74. The van der Waals surface area contributed by atoms with E-state index in [9.17, 15) is 14.9 Å². The molecule has 1 N–H and O–H groups in total. The summed E-state index contributed by atoms with van der Waals surface area (Å²) in [4.78, 5) is 32.1. The van der Waals surface area contributed by atoms with Crippen LogP contribution in [0.4, 0.5) is 5.88 Å². The van der Waals surface area contributed by atoms with Crippen LogP contribution in [0, 0.1) is 10.1 Å². The Morgan fingerprint density at radius 2 is 2.04 bits per heavy atom. The molecule has 8 nitrogen and oxygen atoms in total. The number of fused-ring (bicyclic) bond motifs is 1. The molecule has 0 radical (unpaired) electrons.